The Balaban J connectivity index is 1.70. The van der Waals surface area contributed by atoms with Crippen molar-refractivity contribution in [3.05, 3.63) is 30.1 Å². The van der Waals surface area contributed by atoms with Crippen molar-refractivity contribution in [2.45, 2.75) is 89.6 Å². The van der Waals surface area contributed by atoms with E-state index in [-0.39, 0.29) is 6.04 Å². The molecule has 3 rings (SSSR count). The molecule has 1 aliphatic carbocycles. The summed E-state index contributed by atoms with van der Waals surface area (Å²) < 4.78 is 11.1. The Labute approximate surface area is 178 Å². The van der Waals surface area contributed by atoms with E-state index in [1.165, 1.54) is 19.3 Å². The van der Waals surface area contributed by atoms with Crippen LogP contribution in [-0.2, 0) is 14.3 Å². The third-order valence-corrected chi connectivity index (χ3v) is 5.93. The molecule has 1 saturated carbocycles. The molecule has 1 amide bonds. The van der Waals surface area contributed by atoms with Gasteiger partial charge in [0.05, 0.1) is 18.1 Å². The highest BCUT2D eigenvalue weighted by atomic mass is 16.6. The lowest BCUT2D eigenvalue weighted by Gasteiger charge is -2.31. The van der Waals surface area contributed by atoms with Crippen molar-refractivity contribution < 1.29 is 24.2 Å². The molecule has 4 atom stereocenters. The van der Waals surface area contributed by atoms with Crippen molar-refractivity contribution in [2.75, 3.05) is 0 Å². The van der Waals surface area contributed by atoms with Gasteiger partial charge in [-0.2, -0.15) is 0 Å². The smallest absolute Gasteiger partial charge is 0.408 e. The van der Waals surface area contributed by atoms with Crippen molar-refractivity contribution in [1.82, 2.24) is 10.3 Å². The molecule has 2 aliphatic rings. The van der Waals surface area contributed by atoms with E-state index in [1.54, 1.807) is 24.5 Å². The first kappa shape index (κ1) is 22.5. The average Bonchev–Trinajstić information content (AvgIpc) is 3.08. The molecule has 0 radical (unpaired) electrons. The molecule has 30 heavy (non-hydrogen) atoms. The van der Waals surface area contributed by atoms with E-state index >= 15 is 0 Å². The van der Waals surface area contributed by atoms with Gasteiger partial charge >= 0.3 is 12.1 Å². The number of carbonyl (C=O) groups excluding carboxylic acids is 2. The van der Waals surface area contributed by atoms with E-state index in [4.69, 9.17) is 9.47 Å². The second kappa shape index (κ2) is 9.77. The van der Waals surface area contributed by atoms with Crippen molar-refractivity contribution in [2.24, 2.45) is 11.8 Å². The number of aromatic nitrogens is 1. The largest absolute Gasteiger partial charge is 0.460 e. The first-order valence-corrected chi connectivity index (χ1v) is 11.0. The van der Waals surface area contributed by atoms with Crippen molar-refractivity contribution >= 4 is 12.1 Å². The van der Waals surface area contributed by atoms with Gasteiger partial charge in [0.1, 0.15) is 11.7 Å². The van der Waals surface area contributed by atoms with Gasteiger partial charge in [-0.25, -0.2) is 4.79 Å². The Kier molecular flexibility index (Phi) is 7.34. The molecule has 1 aliphatic heterocycles. The SMILES string of the molecule is CC(C)(C)OC(=O)N[C@@H](CC1CCCCC1)[C@@H]1CC(C(O)c2cccnc2)C(=O)O1. The van der Waals surface area contributed by atoms with Gasteiger partial charge in [-0.1, -0.05) is 38.2 Å². The fourth-order valence-electron chi connectivity index (χ4n) is 4.46. The Morgan fingerprint density at radius 3 is 2.70 bits per heavy atom. The monoisotopic (exact) mass is 418 g/mol. The van der Waals surface area contributed by atoms with Crippen LogP contribution in [0.2, 0.25) is 0 Å². The third-order valence-electron chi connectivity index (χ3n) is 5.93. The van der Waals surface area contributed by atoms with Crippen LogP contribution in [0.5, 0.6) is 0 Å². The van der Waals surface area contributed by atoms with Crippen molar-refractivity contribution in [1.29, 1.82) is 0 Å². The zero-order valence-corrected chi connectivity index (χ0v) is 18.2. The summed E-state index contributed by atoms with van der Waals surface area (Å²) in [6.45, 7) is 5.45. The normalized spacial score (nSPS) is 24.7. The maximum atomic E-state index is 12.6. The molecule has 7 nitrogen and oxygen atoms in total. The second-order valence-electron chi connectivity index (χ2n) is 9.54. The molecule has 2 fully saturated rings. The summed E-state index contributed by atoms with van der Waals surface area (Å²) in [7, 11) is 0. The van der Waals surface area contributed by atoms with E-state index in [2.05, 4.69) is 10.3 Å². The summed E-state index contributed by atoms with van der Waals surface area (Å²) in [4.78, 5) is 29.0. The molecule has 0 aromatic carbocycles. The van der Waals surface area contributed by atoms with Crippen LogP contribution in [0.15, 0.2) is 24.5 Å². The first-order chi connectivity index (χ1) is 14.2. The topological polar surface area (TPSA) is 97.8 Å². The maximum absolute atomic E-state index is 12.6. The van der Waals surface area contributed by atoms with Crippen LogP contribution >= 0.6 is 0 Å². The van der Waals surface area contributed by atoms with Gasteiger partial charge in [-0.3, -0.25) is 9.78 Å². The summed E-state index contributed by atoms with van der Waals surface area (Å²) in [5.41, 5.74) is -0.0192. The van der Waals surface area contributed by atoms with Gasteiger partial charge in [-0.05, 0) is 44.7 Å². The van der Waals surface area contributed by atoms with E-state index in [0.717, 1.165) is 19.3 Å². The van der Waals surface area contributed by atoms with Crippen LogP contribution in [0.4, 0.5) is 4.79 Å². The van der Waals surface area contributed by atoms with Gasteiger partial charge in [0, 0.05) is 18.8 Å². The summed E-state index contributed by atoms with van der Waals surface area (Å²) in [6.07, 6.45) is 8.18. The van der Waals surface area contributed by atoms with Crippen LogP contribution in [0.1, 0.15) is 77.4 Å². The molecule has 1 aromatic rings. The lowest BCUT2D eigenvalue weighted by atomic mass is 9.82. The first-order valence-electron chi connectivity index (χ1n) is 11.0. The third kappa shape index (κ3) is 6.17. The number of esters is 1. The molecular weight excluding hydrogens is 384 g/mol. The Hall–Kier alpha value is -2.15. The Bertz CT molecular complexity index is 712. The van der Waals surface area contributed by atoms with Crippen LogP contribution in [0.25, 0.3) is 0 Å². The summed E-state index contributed by atoms with van der Waals surface area (Å²) in [6, 6.07) is 3.14. The summed E-state index contributed by atoms with van der Waals surface area (Å²) >= 11 is 0. The number of nitrogens with zero attached hydrogens (tertiary/aromatic N) is 1. The minimum atomic E-state index is -0.979. The zero-order chi connectivity index (χ0) is 21.7. The van der Waals surface area contributed by atoms with Crippen LogP contribution < -0.4 is 5.32 Å². The highest BCUT2D eigenvalue weighted by Gasteiger charge is 2.44. The Morgan fingerprint density at radius 2 is 2.07 bits per heavy atom. The maximum Gasteiger partial charge on any atom is 0.408 e. The van der Waals surface area contributed by atoms with Gasteiger partial charge in [-0.15, -0.1) is 0 Å². The Morgan fingerprint density at radius 1 is 1.33 bits per heavy atom. The molecule has 0 bridgehead atoms. The number of aliphatic hydroxyl groups excluding tert-OH is 1. The van der Waals surface area contributed by atoms with E-state index in [1.807, 2.05) is 20.8 Å². The predicted molar refractivity (Wildman–Crippen MR) is 112 cm³/mol. The van der Waals surface area contributed by atoms with Crippen LogP contribution in [0, 0.1) is 11.8 Å². The number of alkyl carbamates (subject to hydrolysis) is 1. The lowest BCUT2D eigenvalue weighted by molar-refractivity contribution is -0.147. The van der Waals surface area contributed by atoms with Crippen molar-refractivity contribution in [3.63, 3.8) is 0 Å². The number of cyclic esters (lactones) is 1. The number of aliphatic hydroxyl groups is 1. The number of amides is 1. The average molecular weight is 419 g/mol. The quantitative estimate of drug-likeness (QED) is 0.680. The zero-order valence-electron chi connectivity index (χ0n) is 18.2. The number of hydrogen-bond donors (Lipinski definition) is 2. The molecule has 0 spiro atoms. The molecule has 2 unspecified atom stereocenters. The summed E-state index contributed by atoms with van der Waals surface area (Å²) in [5.74, 6) is -0.621. The fourth-order valence-corrected chi connectivity index (χ4v) is 4.46. The highest BCUT2D eigenvalue weighted by Crippen LogP contribution is 2.36. The minimum Gasteiger partial charge on any atom is -0.460 e. The molecule has 7 heteroatoms. The number of carbonyl (C=O) groups is 2. The second-order valence-corrected chi connectivity index (χ2v) is 9.54. The standard InChI is InChI=1S/C23H34N2O5/c1-23(2,3)30-22(28)25-18(12-15-8-5-4-6-9-15)19-13-17(21(27)29-19)20(26)16-10-7-11-24-14-16/h7,10-11,14-15,17-20,26H,4-6,8-9,12-13H2,1-3H3,(H,25,28)/t17?,18-,19-,20?/m0/s1. The van der Waals surface area contributed by atoms with Gasteiger partial charge in [0.25, 0.3) is 0 Å². The molecular formula is C23H34N2O5. The van der Waals surface area contributed by atoms with E-state index < -0.39 is 35.8 Å². The fraction of sp³-hybridized carbons (Fsp3) is 0.696. The molecule has 1 saturated heterocycles. The highest BCUT2D eigenvalue weighted by molar-refractivity contribution is 5.76. The van der Waals surface area contributed by atoms with Crippen LogP contribution in [0.3, 0.4) is 0 Å². The summed E-state index contributed by atoms with van der Waals surface area (Å²) in [5, 5.41) is 13.6. The minimum absolute atomic E-state index is 0.335. The predicted octanol–water partition coefficient (Wildman–Crippen LogP) is 3.91. The van der Waals surface area contributed by atoms with Gasteiger partial charge in [0.2, 0.25) is 0 Å². The van der Waals surface area contributed by atoms with Crippen LogP contribution in [-0.4, -0.2) is 39.9 Å². The van der Waals surface area contributed by atoms with E-state index in [0.29, 0.717) is 17.9 Å². The number of ether oxygens (including phenoxy) is 2. The lowest BCUT2D eigenvalue weighted by Crippen LogP contribution is -2.46. The number of rotatable bonds is 6. The molecule has 2 heterocycles. The number of pyridine rings is 1. The molecule has 166 valence electrons. The number of nitrogens with one attached hydrogen (secondary N) is 1. The van der Waals surface area contributed by atoms with Gasteiger partial charge < -0.3 is 19.9 Å². The van der Waals surface area contributed by atoms with Gasteiger partial charge in [0.15, 0.2) is 0 Å². The molecule has 2 N–H and O–H groups in total. The van der Waals surface area contributed by atoms with Crippen molar-refractivity contribution in [3.8, 4) is 0 Å². The molecule has 1 aromatic heterocycles. The number of hydrogen-bond acceptors (Lipinski definition) is 6. The van der Waals surface area contributed by atoms with E-state index in [9.17, 15) is 14.7 Å².